The van der Waals surface area contributed by atoms with Gasteiger partial charge in [-0.25, -0.2) is 0 Å². The average Bonchev–Trinajstić information content (AvgIpc) is 2.91. The lowest BCUT2D eigenvalue weighted by Crippen LogP contribution is -2.18. The zero-order chi connectivity index (χ0) is 13.0. The third-order valence-corrected chi connectivity index (χ3v) is 2.63. The van der Waals surface area contributed by atoms with E-state index in [1.165, 1.54) is 0 Å². The molecule has 0 radical (unpaired) electrons. The van der Waals surface area contributed by atoms with E-state index in [4.69, 9.17) is 9.26 Å². The third kappa shape index (κ3) is 2.96. The second-order valence-electron chi connectivity index (χ2n) is 4.15. The molecule has 0 unspecified atom stereocenters. The van der Waals surface area contributed by atoms with Crippen LogP contribution in [0.5, 0.6) is 0 Å². The summed E-state index contributed by atoms with van der Waals surface area (Å²) < 4.78 is 12.1. The Labute approximate surface area is 106 Å². The van der Waals surface area contributed by atoms with Crippen molar-refractivity contribution in [2.45, 2.75) is 13.5 Å². The Hall–Kier alpha value is -1.66. The summed E-state index contributed by atoms with van der Waals surface area (Å²) in [5.74, 6) is 0.754. The summed E-state index contributed by atoms with van der Waals surface area (Å²) in [5, 5.41) is 11.5. The fraction of sp³-hybridized carbons (Fsp3) is 0.500. The smallest absolute Gasteiger partial charge is 0.170 e. The van der Waals surface area contributed by atoms with Crippen LogP contribution in [0.25, 0.3) is 11.3 Å². The summed E-state index contributed by atoms with van der Waals surface area (Å²) in [6.45, 7) is 4.11. The molecule has 6 heteroatoms. The SMILES string of the molecule is COCCNCc1cc(-c2cn(C)nc2C)on1. The Morgan fingerprint density at radius 1 is 1.50 bits per heavy atom. The lowest BCUT2D eigenvalue weighted by Gasteiger charge is -1.99. The van der Waals surface area contributed by atoms with E-state index in [1.807, 2.05) is 26.2 Å². The van der Waals surface area contributed by atoms with Crippen LogP contribution in [0, 0.1) is 6.92 Å². The lowest BCUT2D eigenvalue weighted by atomic mass is 10.2. The van der Waals surface area contributed by atoms with E-state index in [9.17, 15) is 0 Å². The first-order valence-corrected chi connectivity index (χ1v) is 5.86. The zero-order valence-corrected chi connectivity index (χ0v) is 10.9. The van der Waals surface area contributed by atoms with Crippen molar-refractivity contribution in [2.24, 2.45) is 7.05 Å². The van der Waals surface area contributed by atoms with Gasteiger partial charge in [0.1, 0.15) is 0 Å². The fourth-order valence-electron chi connectivity index (χ4n) is 1.75. The van der Waals surface area contributed by atoms with Crippen LogP contribution in [0.2, 0.25) is 0 Å². The van der Waals surface area contributed by atoms with Crippen molar-refractivity contribution >= 4 is 0 Å². The molecule has 2 aromatic rings. The summed E-state index contributed by atoms with van der Waals surface area (Å²) in [6, 6.07) is 1.93. The number of nitrogens with zero attached hydrogens (tertiary/aromatic N) is 3. The van der Waals surface area contributed by atoms with Crippen molar-refractivity contribution in [3.8, 4) is 11.3 Å². The van der Waals surface area contributed by atoms with Gasteiger partial charge in [0.05, 0.1) is 23.6 Å². The van der Waals surface area contributed by atoms with E-state index in [2.05, 4.69) is 15.6 Å². The number of hydrogen-bond donors (Lipinski definition) is 1. The molecule has 2 rings (SSSR count). The molecule has 6 nitrogen and oxygen atoms in total. The van der Waals surface area contributed by atoms with Gasteiger partial charge in [-0.2, -0.15) is 5.10 Å². The topological polar surface area (TPSA) is 65.1 Å². The molecular weight excluding hydrogens is 232 g/mol. The second kappa shape index (κ2) is 5.79. The highest BCUT2D eigenvalue weighted by atomic mass is 16.5. The van der Waals surface area contributed by atoms with E-state index in [-0.39, 0.29) is 0 Å². The highest BCUT2D eigenvalue weighted by Gasteiger charge is 2.11. The highest BCUT2D eigenvalue weighted by molar-refractivity contribution is 5.59. The molecule has 0 bridgehead atoms. The maximum atomic E-state index is 5.33. The van der Waals surface area contributed by atoms with Crippen molar-refractivity contribution < 1.29 is 9.26 Å². The minimum absolute atomic E-state index is 0.673. The van der Waals surface area contributed by atoms with Gasteiger partial charge < -0.3 is 14.6 Å². The van der Waals surface area contributed by atoms with Gasteiger partial charge >= 0.3 is 0 Å². The van der Waals surface area contributed by atoms with E-state index in [0.29, 0.717) is 13.2 Å². The van der Waals surface area contributed by atoms with Crippen molar-refractivity contribution in [1.29, 1.82) is 0 Å². The van der Waals surface area contributed by atoms with Gasteiger partial charge in [0.2, 0.25) is 0 Å². The molecule has 0 aromatic carbocycles. The van der Waals surface area contributed by atoms with Crippen LogP contribution in [-0.4, -0.2) is 35.2 Å². The van der Waals surface area contributed by atoms with E-state index >= 15 is 0 Å². The summed E-state index contributed by atoms with van der Waals surface area (Å²) in [4.78, 5) is 0. The summed E-state index contributed by atoms with van der Waals surface area (Å²) in [5.41, 5.74) is 2.80. The van der Waals surface area contributed by atoms with Crippen LogP contribution in [0.3, 0.4) is 0 Å². The van der Waals surface area contributed by atoms with E-state index in [1.54, 1.807) is 11.8 Å². The van der Waals surface area contributed by atoms with Crippen molar-refractivity contribution in [1.82, 2.24) is 20.3 Å². The number of nitrogens with one attached hydrogen (secondary N) is 1. The van der Waals surface area contributed by atoms with Crippen molar-refractivity contribution in [3.05, 3.63) is 23.7 Å². The molecule has 98 valence electrons. The maximum Gasteiger partial charge on any atom is 0.170 e. The summed E-state index contributed by atoms with van der Waals surface area (Å²) in [7, 11) is 3.57. The molecule has 0 saturated heterocycles. The van der Waals surface area contributed by atoms with Gasteiger partial charge in [0, 0.05) is 39.5 Å². The van der Waals surface area contributed by atoms with Crippen LogP contribution in [0.15, 0.2) is 16.8 Å². The molecule has 2 aromatic heterocycles. The number of hydrogen-bond acceptors (Lipinski definition) is 5. The molecule has 0 saturated carbocycles. The molecule has 0 fully saturated rings. The first kappa shape index (κ1) is 12.8. The van der Waals surface area contributed by atoms with Crippen LogP contribution in [0.1, 0.15) is 11.4 Å². The fourth-order valence-corrected chi connectivity index (χ4v) is 1.75. The number of methoxy groups -OCH3 is 1. The molecular formula is C12H18N4O2. The number of aromatic nitrogens is 3. The van der Waals surface area contributed by atoms with E-state index < -0.39 is 0 Å². The van der Waals surface area contributed by atoms with Crippen LogP contribution >= 0.6 is 0 Å². The Kier molecular flexibility index (Phi) is 4.11. The Balaban J connectivity index is 1.99. The maximum absolute atomic E-state index is 5.33. The molecule has 0 aliphatic rings. The predicted octanol–water partition coefficient (Wildman–Crippen LogP) is 1.12. The Bertz CT molecular complexity index is 504. The summed E-state index contributed by atoms with van der Waals surface area (Å²) >= 11 is 0. The summed E-state index contributed by atoms with van der Waals surface area (Å²) in [6.07, 6.45) is 1.93. The normalized spacial score (nSPS) is 11.1. The van der Waals surface area contributed by atoms with Crippen molar-refractivity contribution in [3.63, 3.8) is 0 Å². The first-order valence-electron chi connectivity index (χ1n) is 5.86. The van der Waals surface area contributed by atoms with Gasteiger partial charge in [0.15, 0.2) is 5.76 Å². The molecule has 0 spiro atoms. The first-order chi connectivity index (χ1) is 8.70. The van der Waals surface area contributed by atoms with Crippen LogP contribution in [0.4, 0.5) is 0 Å². The van der Waals surface area contributed by atoms with Crippen LogP contribution in [-0.2, 0) is 18.3 Å². The standard InChI is InChI=1S/C12H18N4O2/c1-9-11(8-16(2)14-9)12-6-10(15-18-12)7-13-4-5-17-3/h6,8,13H,4-5,7H2,1-3H3. The minimum Gasteiger partial charge on any atom is -0.383 e. The minimum atomic E-state index is 0.673. The highest BCUT2D eigenvalue weighted by Crippen LogP contribution is 2.22. The average molecular weight is 250 g/mol. The van der Waals surface area contributed by atoms with Gasteiger partial charge in [0.25, 0.3) is 0 Å². The third-order valence-electron chi connectivity index (χ3n) is 2.63. The van der Waals surface area contributed by atoms with Gasteiger partial charge in [-0.3, -0.25) is 4.68 Å². The second-order valence-corrected chi connectivity index (χ2v) is 4.15. The molecule has 0 aliphatic carbocycles. The Morgan fingerprint density at radius 3 is 3.00 bits per heavy atom. The number of rotatable bonds is 6. The zero-order valence-electron chi connectivity index (χ0n) is 10.9. The van der Waals surface area contributed by atoms with Gasteiger partial charge in [-0.1, -0.05) is 5.16 Å². The van der Waals surface area contributed by atoms with Gasteiger partial charge in [-0.05, 0) is 6.92 Å². The lowest BCUT2D eigenvalue weighted by molar-refractivity contribution is 0.199. The number of ether oxygens (including phenoxy) is 1. The van der Waals surface area contributed by atoms with Gasteiger partial charge in [-0.15, -0.1) is 0 Å². The Morgan fingerprint density at radius 2 is 2.33 bits per heavy atom. The molecule has 0 aliphatic heterocycles. The van der Waals surface area contributed by atoms with Crippen molar-refractivity contribution in [2.75, 3.05) is 20.3 Å². The molecule has 0 atom stereocenters. The largest absolute Gasteiger partial charge is 0.383 e. The monoisotopic (exact) mass is 250 g/mol. The quantitative estimate of drug-likeness (QED) is 0.778. The number of aryl methyl sites for hydroxylation is 2. The van der Waals surface area contributed by atoms with Crippen LogP contribution < -0.4 is 5.32 Å². The molecule has 0 amide bonds. The predicted molar refractivity (Wildman–Crippen MR) is 67.0 cm³/mol. The molecule has 18 heavy (non-hydrogen) atoms. The molecule has 2 heterocycles. The van der Waals surface area contributed by atoms with E-state index in [0.717, 1.165) is 29.3 Å². The molecule has 1 N–H and O–H groups in total.